The molecule has 0 bridgehead atoms. The van der Waals surface area contributed by atoms with Crippen molar-refractivity contribution in [2.45, 2.75) is 13.5 Å². The summed E-state index contributed by atoms with van der Waals surface area (Å²) in [6.07, 6.45) is 0. The van der Waals surface area contributed by atoms with E-state index in [0.717, 1.165) is 22.4 Å². The average molecular weight is 308 g/mol. The van der Waals surface area contributed by atoms with Crippen molar-refractivity contribution in [3.05, 3.63) is 71.5 Å². The van der Waals surface area contributed by atoms with Crippen LogP contribution in [0, 0.1) is 6.92 Å². The van der Waals surface area contributed by atoms with Crippen molar-refractivity contribution in [3.63, 3.8) is 0 Å². The maximum absolute atomic E-state index is 11.0. The van der Waals surface area contributed by atoms with E-state index in [1.807, 2.05) is 55.5 Å². The van der Waals surface area contributed by atoms with Crippen LogP contribution < -0.4 is 10.5 Å². The SMILES string of the molecule is Cc1cccc(OCc2ccc(-c3cc(C(N)=O)on3)cc2)c1. The summed E-state index contributed by atoms with van der Waals surface area (Å²) in [7, 11) is 0. The number of rotatable bonds is 5. The van der Waals surface area contributed by atoms with Crippen molar-refractivity contribution in [2.75, 3.05) is 0 Å². The predicted octanol–water partition coefficient (Wildman–Crippen LogP) is 3.33. The maximum Gasteiger partial charge on any atom is 0.287 e. The molecule has 1 aromatic heterocycles. The Balaban J connectivity index is 1.68. The Labute approximate surface area is 133 Å². The largest absolute Gasteiger partial charge is 0.489 e. The van der Waals surface area contributed by atoms with E-state index < -0.39 is 5.91 Å². The van der Waals surface area contributed by atoms with Crippen LogP contribution in [0.4, 0.5) is 0 Å². The zero-order chi connectivity index (χ0) is 16.2. The lowest BCUT2D eigenvalue weighted by atomic mass is 10.1. The molecule has 1 amide bonds. The molecule has 0 saturated heterocycles. The monoisotopic (exact) mass is 308 g/mol. The summed E-state index contributed by atoms with van der Waals surface area (Å²) < 4.78 is 10.6. The van der Waals surface area contributed by atoms with E-state index in [9.17, 15) is 4.79 Å². The van der Waals surface area contributed by atoms with E-state index in [1.165, 1.54) is 6.07 Å². The van der Waals surface area contributed by atoms with Gasteiger partial charge in [-0.1, -0.05) is 41.6 Å². The number of amides is 1. The fourth-order valence-electron chi connectivity index (χ4n) is 2.17. The van der Waals surface area contributed by atoms with Crippen LogP contribution in [0.25, 0.3) is 11.3 Å². The van der Waals surface area contributed by atoms with Gasteiger partial charge in [-0.15, -0.1) is 0 Å². The Hall–Kier alpha value is -3.08. The van der Waals surface area contributed by atoms with Crippen molar-refractivity contribution < 1.29 is 14.1 Å². The molecule has 0 spiro atoms. The zero-order valence-corrected chi connectivity index (χ0v) is 12.7. The van der Waals surface area contributed by atoms with Gasteiger partial charge in [0.1, 0.15) is 18.1 Å². The molecular formula is C18H16N2O3. The molecule has 0 radical (unpaired) electrons. The molecule has 116 valence electrons. The summed E-state index contributed by atoms with van der Waals surface area (Å²) in [5.74, 6) is 0.260. The lowest BCUT2D eigenvalue weighted by molar-refractivity contribution is 0.0965. The molecule has 0 aliphatic rings. The van der Waals surface area contributed by atoms with E-state index in [0.29, 0.717) is 12.3 Å². The number of aromatic nitrogens is 1. The second-order valence-corrected chi connectivity index (χ2v) is 5.24. The van der Waals surface area contributed by atoms with Crippen molar-refractivity contribution in [3.8, 4) is 17.0 Å². The van der Waals surface area contributed by atoms with Gasteiger partial charge in [0.05, 0.1) is 0 Å². The Morgan fingerprint density at radius 1 is 1.17 bits per heavy atom. The number of hydrogen-bond acceptors (Lipinski definition) is 4. The van der Waals surface area contributed by atoms with Crippen molar-refractivity contribution >= 4 is 5.91 Å². The molecule has 3 rings (SSSR count). The van der Waals surface area contributed by atoms with Gasteiger partial charge in [0.25, 0.3) is 5.91 Å². The summed E-state index contributed by atoms with van der Waals surface area (Å²) >= 11 is 0. The first-order chi connectivity index (χ1) is 11.1. The molecule has 5 heteroatoms. The molecule has 2 aromatic carbocycles. The quantitative estimate of drug-likeness (QED) is 0.784. The van der Waals surface area contributed by atoms with Crippen molar-refractivity contribution in [2.24, 2.45) is 5.73 Å². The lowest BCUT2D eigenvalue weighted by Gasteiger charge is -2.07. The van der Waals surface area contributed by atoms with Gasteiger partial charge in [-0.2, -0.15) is 0 Å². The van der Waals surface area contributed by atoms with Crippen LogP contribution in [-0.2, 0) is 6.61 Å². The molecule has 0 aliphatic heterocycles. The number of aryl methyl sites for hydroxylation is 1. The number of ether oxygens (including phenoxy) is 1. The summed E-state index contributed by atoms with van der Waals surface area (Å²) in [6, 6.07) is 17.1. The Morgan fingerprint density at radius 3 is 2.61 bits per heavy atom. The smallest absolute Gasteiger partial charge is 0.287 e. The highest BCUT2D eigenvalue weighted by molar-refractivity contribution is 5.90. The Bertz CT molecular complexity index is 822. The van der Waals surface area contributed by atoms with Gasteiger partial charge in [-0.3, -0.25) is 4.79 Å². The molecule has 3 aromatic rings. The van der Waals surface area contributed by atoms with E-state index in [2.05, 4.69) is 5.16 Å². The summed E-state index contributed by atoms with van der Waals surface area (Å²) in [6.45, 7) is 2.51. The van der Waals surface area contributed by atoms with Gasteiger partial charge >= 0.3 is 0 Å². The van der Waals surface area contributed by atoms with E-state index >= 15 is 0 Å². The topological polar surface area (TPSA) is 78.4 Å². The highest BCUT2D eigenvalue weighted by atomic mass is 16.5. The number of primary amides is 1. The van der Waals surface area contributed by atoms with Crippen LogP contribution in [0.15, 0.2) is 59.1 Å². The molecule has 0 saturated carbocycles. The standard InChI is InChI=1S/C18H16N2O3/c1-12-3-2-4-15(9-12)22-11-13-5-7-14(8-6-13)16-10-17(18(19)21)23-20-16/h2-10H,11H2,1H3,(H2,19,21). The first-order valence-corrected chi connectivity index (χ1v) is 7.17. The van der Waals surface area contributed by atoms with Gasteiger partial charge in [0, 0.05) is 11.6 Å². The lowest BCUT2D eigenvalue weighted by Crippen LogP contribution is -2.09. The normalized spacial score (nSPS) is 10.5. The number of benzene rings is 2. The van der Waals surface area contributed by atoms with Gasteiger partial charge < -0.3 is 15.0 Å². The van der Waals surface area contributed by atoms with Crippen LogP contribution >= 0.6 is 0 Å². The number of hydrogen-bond donors (Lipinski definition) is 1. The number of carbonyl (C=O) groups is 1. The van der Waals surface area contributed by atoms with Crippen LogP contribution in [0.3, 0.4) is 0 Å². The van der Waals surface area contributed by atoms with Gasteiger partial charge in [0.2, 0.25) is 5.76 Å². The summed E-state index contributed by atoms with van der Waals surface area (Å²) in [4.78, 5) is 11.0. The third kappa shape index (κ3) is 3.58. The third-order valence-corrected chi connectivity index (χ3v) is 3.40. The molecule has 0 aliphatic carbocycles. The first kappa shape index (κ1) is 14.8. The summed E-state index contributed by atoms with van der Waals surface area (Å²) in [5.41, 5.74) is 8.76. The fourth-order valence-corrected chi connectivity index (χ4v) is 2.17. The molecule has 0 fully saturated rings. The van der Waals surface area contributed by atoms with Crippen LogP contribution in [0.2, 0.25) is 0 Å². The van der Waals surface area contributed by atoms with Gasteiger partial charge in [-0.05, 0) is 30.2 Å². The highest BCUT2D eigenvalue weighted by Crippen LogP contribution is 2.20. The Kier molecular flexibility index (Phi) is 4.10. The van der Waals surface area contributed by atoms with Crippen LogP contribution in [-0.4, -0.2) is 11.1 Å². The second kappa shape index (κ2) is 6.36. The van der Waals surface area contributed by atoms with Crippen molar-refractivity contribution in [1.82, 2.24) is 5.16 Å². The highest BCUT2D eigenvalue weighted by Gasteiger charge is 2.10. The molecule has 0 atom stereocenters. The number of nitrogens with two attached hydrogens (primary N) is 1. The van der Waals surface area contributed by atoms with E-state index in [4.69, 9.17) is 15.0 Å². The minimum Gasteiger partial charge on any atom is -0.489 e. The van der Waals surface area contributed by atoms with E-state index in [1.54, 1.807) is 0 Å². The first-order valence-electron chi connectivity index (χ1n) is 7.17. The second-order valence-electron chi connectivity index (χ2n) is 5.24. The number of carbonyl (C=O) groups excluding carboxylic acids is 1. The van der Waals surface area contributed by atoms with Gasteiger partial charge in [-0.25, -0.2) is 0 Å². The third-order valence-electron chi connectivity index (χ3n) is 3.40. The Morgan fingerprint density at radius 2 is 1.96 bits per heavy atom. The average Bonchev–Trinajstić information content (AvgIpc) is 3.04. The van der Waals surface area contributed by atoms with Crippen LogP contribution in [0.1, 0.15) is 21.7 Å². The zero-order valence-electron chi connectivity index (χ0n) is 12.7. The molecule has 0 unspecified atom stereocenters. The molecular weight excluding hydrogens is 292 g/mol. The fraction of sp³-hybridized carbons (Fsp3) is 0.111. The molecule has 1 heterocycles. The minimum atomic E-state index is -0.632. The molecule has 2 N–H and O–H groups in total. The summed E-state index contributed by atoms with van der Waals surface area (Å²) in [5, 5.41) is 3.83. The maximum atomic E-state index is 11.0. The van der Waals surface area contributed by atoms with Crippen molar-refractivity contribution in [1.29, 1.82) is 0 Å². The molecule has 23 heavy (non-hydrogen) atoms. The minimum absolute atomic E-state index is 0.0480. The van der Waals surface area contributed by atoms with Gasteiger partial charge in [0.15, 0.2) is 0 Å². The van der Waals surface area contributed by atoms with E-state index in [-0.39, 0.29) is 5.76 Å². The predicted molar refractivity (Wildman–Crippen MR) is 86.0 cm³/mol. The number of nitrogens with zero attached hydrogens (tertiary/aromatic N) is 1. The molecule has 5 nitrogen and oxygen atoms in total. The van der Waals surface area contributed by atoms with Crippen LogP contribution in [0.5, 0.6) is 5.75 Å².